The van der Waals surface area contributed by atoms with Gasteiger partial charge in [0, 0.05) is 11.3 Å². The highest BCUT2D eigenvalue weighted by atomic mass is 16.1. The van der Waals surface area contributed by atoms with Crippen molar-refractivity contribution < 1.29 is 4.79 Å². The first-order valence-electron chi connectivity index (χ1n) is 5.11. The Morgan fingerprint density at radius 2 is 2.39 bits per heavy atom. The number of nitriles is 1. The minimum Gasteiger partial charge on any atom is -0.382 e. The number of nitrogens with zero attached hydrogens (tertiary/aromatic N) is 2. The van der Waals surface area contributed by atoms with E-state index in [-0.39, 0.29) is 18.0 Å². The number of anilines is 2. The first kappa shape index (κ1) is 11.6. The smallest absolute Gasteiger partial charge is 0.228 e. The Kier molecular flexibility index (Phi) is 2.93. The summed E-state index contributed by atoms with van der Waals surface area (Å²) in [4.78, 5) is 11.3. The van der Waals surface area contributed by atoms with Gasteiger partial charge in [0.25, 0.3) is 0 Å². The van der Waals surface area contributed by atoms with Crippen molar-refractivity contribution in [1.29, 1.82) is 10.7 Å². The second kappa shape index (κ2) is 4.55. The molecule has 1 aromatic rings. The lowest BCUT2D eigenvalue weighted by atomic mass is 10.1. The molecule has 1 aliphatic heterocycles. The van der Waals surface area contributed by atoms with Gasteiger partial charge in [-0.3, -0.25) is 15.6 Å². The number of hydrogen-bond acceptors (Lipinski definition) is 5. The normalized spacial score (nSPS) is 13.5. The molecule has 1 aliphatic rings. The third-order valence-electron chi connectivity index (χ3n) is 2.44. The highest BCUT2D eigenvalue weighted by Crippen LogP contribution is 2.29. The predicted molar refractivity (Wildman–Crippen MR) is 67.4 cm³/mol. The monoisotopic (exact) mass is 242 g/mol. The molecule has 90 valence electrons. The zero-order valence-electron chi connectivity index (χ0n) is 9.32. The molecule has 7 nitrogen and oxygen atoms in total. The number of rotatable bonds is 3. The van der Waals surface area contributed by atoms with Crippen molar-refractivity contribution in [3.8, 4) is 6.07 Å². The molecule has 0 fully saturated rings. The summed E-state index contributed by atoms with van der Waals surface area (Å²) in [6.07, 6.45) is 0.260. The van der Waals surface area contributed by atoms with Crippen LogP contribution in [0.2, 0.25) is 0 Å². The van der Waals surface area contributed by atoms with E-state index in [4.69, 9.17) is 16.4 Å². The van der Waals surface area contributed by atoms with Gasteiger partial charge in [-0.15, -0.1) is 0 Å². The van der Waals surface area contributed by atoms with Crippen LogP contribution in [0.5, 0.6) is 0 Å². The molecule has 7 heteroatoms. The molecule has 0 saturated heterocycles. The van der Waals surface area contributed by atoms with E-state index in [1.54, 1.807) is 24.3 Å². The molecule has 0 aliphatic carbocycles. The van der Waals surface area contributed by atoms with Crippen LogP contribution in [0, 0.1) is 16.7 Å². The number of hydrogen-bond donors (Lipinski definition) is 4. The molecule has 18 heavy (non-hydrogen) atoms. The minimum absolute atomic E-state index is 0.0877. The van der Waals surface area contributed by atoms with Crippen LogP contribution in [-0.2, 0) is 11.2 Å². The summed E-state index contributed by atoms with van der Waals surface area (Å²) in [5.41, 5.74) is 9.74. The lowest BCUT2D eigenvalue weighted by molar-refractivity contribution is -0.115. The Balaban J connectivity index is 2.27. The SMILES string of the molecule is N#C/C(=N\Nc1cccc2c1CC(=O)N2)C(=N)N. The molecule has 0 saturated carbocycles. The number of amides is 1. The molecule has 0 spiro atoms. The number of carbonyl (C=O) groups excluding carboxylic acids is 1. The van der Waals surface area contributed by atoms with Crippen molar-refractivity contribution in [2.24, 2.45) is 10.8 Å². The molecule has 0 radical (unpaired) electrons. The molecule has 1 amide bonds. The third kappa shape index (κ3) is 2.12. The lowest BCUT2D eigenvalue weighted by Crippen LogP contribution is -2.22. The first-order chi connectivity index (χ1) is 8.61. The summed E-state index contributed by atoms with van der Waals surface area (Å²) < 4.78 is 0. The van der Waals surface area contributed by atoms with E-state index in [1.165, 1.54) is 0 Å². The van der Waals surface area contributed by atoms with Crippen molar-refractivity contribution >= 4 is 28.8 Å². The van der Waals surface area contributed by atoms with E-state index in [1.807, 2.05) is 0 Å². The number of nitrogens with one attached hydrogen (secondary N) is 3. The summed E-state index contributed by atoms with van der Waals surface area (Å²) in [6.45, 7) is 0. The van der Waals surface area contributed by atoms with Crippen LogP contribution in [0.15, 0.2) is 23.3 Å². The summed E-state index contributed by atoms with van der Waals surface area (Å²) >= 11 is 0. The molecule has 0 aromatic heterocycles. The summed E-state index contributed by atoms with van der Waals surface area (Å²) in [6, 6.07) is 6.97. The van der Waals surface area contributed by atoms with Crippen LogP contribution < -0.4 is 16.5 Å². The van der Waals surface area contributed by atoms with Gasteiger partial charge in [0.15, 0.2) is 5.84 Å². The summed E-state index contributed by atoms with van der Waals surface area (Å²) in [7, 11) is 0. The third-order valence-corrected chi connectivity index (χ3v) is 2.44. The van der Waals surface area contributed by atoms with E-state index in [0.717, 1.165) is 11.3 Å². The van der Waals surface area contributed by atoms with Gasteiger partial charge < -0.3 is 11.1 Å². The Hall–Kier alpha value is -2.88. The van der Waals surface area contributed by atoms with E-state index in [2.05, 4.69) is 15.8 Å². The first-order valence-corrected chi connectivity index (χ1v) is 5.11. The van der Waals surface area contributed by atoms with Gasteiger partial charge in [0.05, 0.1) is 12.1 Å². The fraction of sp³-hybridized carbons (Fsp3) is 0.0909. The number of carbonyl (C=O) groups is 1. The molecule has 5 N–H and O–H groups in total. The zero-order chi connectivity index (χ0) is 13.1. The largest absolute Gasteiger partial charge is 0.382 e. The van der Waals surface area contributed by atoms with Crippen molar-refractivity contribution in [3.63, 3.8) is 0 Å². The second-order valence-electron chi connectivity index (χ2n) is 3.65. The van der Waals surface area contributed by atoms with Crippen LogP contribution in [0.4, 0.5) is 11.4 Å². The average Bonchev–Trinajstić information content (AvgIpc) is 2.70. The Labute approximate surface area is 103 Å². The zero-order valence-corrected chi connectivity index (χ0v) is 9.32. The van der Waals surface area contributed by atoms with Crippen molar-refractivity contribution in [3.05, 3.63) is 23.8 Å². The second-order valence-corrected chi connectivity index (χ2v) is 3.65. The lowest BCUT2D eigenvalue weighted by Gasteiger charge is -2.06. The highest BCUT2D eigenvalue weighted by Gasteiger charge is 2.20. The predicted octanol–water partition coefficient (Wildman–Crippen LogP) is 0.409. The van der Waals surface area contributed by atoms with Crippen LogP contribution in [0.1, 0.15) is 5.56 Å². The van der Waals surface area contributed by atoms with E-state index < -0.39 is 5.84 Å². The summed E-state index contributed by atoms with van der Waals surface area (Å²) in [5.74, 6) is -0.498. The number of benzene rings is 1. The van der Waals surface area contributed by atoms with Gasteiger partial charge in [-0.1, -0.05) is 6.07 Å². The van der Waals surface area contributed by atoms with E-state index in [9.17, 15) is 4.79 Å². The van der Waals surface area contributed by atoms with Crippen molar-refractivity contribution in [2.45, 2.75) is 6.42 Å². The fourth-order valence-corrected chi connectivity index (χ4v) is 1.62. The Morgan fingerprint density at radius 3 is 3.06 bits per heavy atom. The summed E-state index contributed by atoms with van der Waals surface area (Å²) in [5, 5.41) is 22.3. The molecule has 0 bridgehead atoms. The van der Waals surface area contributed by atoms with Gasteiger partial charge in [-0.25, -0.2) is 0 Å². The van der Waals surface area contributed by atoms with Crippen LogP contribution >= 0.6 is 0 Å². The van der Waals surface area contributed by atoms with E-state index >= 15 is 0 Å². The quantitative estimate of drug-likeness (QED) is 0.347. The average molecular weight is 242 g/mol. The molecule has 0 atom stereocenters. The maximum absolute atomic E-state index is 11.3. The van der Waals surface area contributed by atoms with Gasteiger partial charge in [-0.2, -0.15) is 10.4 Å². The van der Waals surface area contributed by atoms with Crippen LogP contribution in [-0.4, -0.2) is 17.5 Å². The molecule has 0 unspecified atom stereocenters. The number of hydrazone groups is 1. The number of amidine groups is 1. The molecular weight excluding hydrogens is 232 g/mol. The Bertz CT molecular complexity index is 598. The molecule has 1 heterocycles. The standard InChI is InChI=1S/C11H10N6O/c12-5-9(11(13)14)17-16-8-3-1-2-7-6(8)4-10(18)15-7/h1-3,16H,4H2,(H3,13,14)(H,15,18)/b17-9+. The number of fused-ring (bicyclic) bond motifs is 1. The van der Waals surface area contributed by atoms with Crippen molar-refractivity contribution in [1.82, 2.24) is 0 Å². The van der Waals surface area contributed by atoms with Gasteiger partial charge in [0.1, 0.15) is 6.07 Å². The topological polar surface area (TPSA) is 127 Å². The Morgan fingerprint density at radius 1 is 1.61 bits per heavy atom. The number of nitrogens with two attached hydrogens (primary N) is 1. The van der Waals surface area contributed by atoms with Gasteiger partial charge in [-0.05, 0) is 12.1 Å². The van der Waals surface area contributed by atoms with E-state index in [0.29, 0.717) is 5.69 Å². The molecule has 1 aromatic carbocycles. The molecular formula is C11H10N6O. The van der Waals surface area contributed by atoms with Gasteiger partial charge in [0.2, 0.25) is 11.6 Å². The highest BCUT2D eigenvalue weighted by molar-refractivity contribution is 6.45. The molecule has 2 rings (SSSR count). The van der Waals surface area contributed by atoms with Gasteiger partial charge >= 0.3 is 0 Å². The van der Waals surface area contributed by atoms with Crippen LogP contribution in [0.25, 0.3) is 0 Å². The fourth-order valence-electron chi connectivity index (χ4n) is 1.62. The van der Waals surface area contributed by atoms with Crippen molar-refractivity contribution in [2.75, 3.05) is 10.7 Å². The van der Waals surface area contributed by atoms with Crippen LogP contribution in [0.3, 0.4) is 0 Å². The maximum atomic E-state index is 11.3. The minimum atomic E-state index is -0.410. The maximum Gasteiger partial charge on any atom is 0.228 e.